The maximum absolute atomic E-state index is 11.0. The smallest absolute Gasteiger partial charge is 0.449 e. The first kappa shape index (κ1) is 13.6. The predicted molar refractivity (Wildman–Crippen MR) is 54.2 cm³/mol. The van der Waals surface area contributed by atoms with E-state index in [0.29, 0.717) is 6.42 Å². The van der Waals surface area contributed by atoms with Crippen molar-refractivity contribution in [3.63, 3.8) is 0 Å². The highest BCUT2D eigenvalue weighted by Gasteiger charge is 2.16. The van der Waals surface area contributed by atoms with E-state index in [2.05, 4.69) is 16.7 Å². The van der Waals surface area contributed by atoms with Gasteiger partial charge in [0.25, 0.3) is 0 Å². The van der Waals surface area contributed by atoms with Crippen molar-refractivity contribution in [1.82, 2.24) is 10.4 Å². The minimum Gasteiger partial charge on any atom is -0.449 e. The molecule has 1 atom stereocenters. The Kier molecular flexibility index (Phi) is 6.32. The van der Waals surface area contributed by atoms with Crippen LogP contribution in [-0.2, 0) is 9.53 Å². The largest absolute Gasteiger partial charge is 0.513 e. The molecule has 0 radical (unpaired) electrons. The van der Waals surface area contributed by atoms with Gasteiger partial charge in [-0.1, -0.05) is 6.08 Å². The highest BCUT2D eigenvalue weighted by atomic mass is 16.7. The fourth-order valence-electron chi connectivity index (χ4n) is 1.09. The topological polar surface area (TPSA) is 78.9 Å². The fraction of sp³-hybridized carbons (Fsp3) is 0.556. The van der Waals surface area contributed by atoms with Crippen LogP contribution in [0.15, 0.2) is 12.7 Å². The molecular formula is C9H16N2O4. The van der Waals surface area contributed by atoms with Crippen LogP contribution in [0.2, 0.25) is 0 Å². The Hall–Kier alpha value is -1.40. The molecule has 0 spiro atoms. The summed E-state index contributed by atoms with van der Waals surface area (Å²) in [4.78, 5) is 21.1. The number of nitrogens with one attached hydrogen (secondary N) is 1. The molecule has 0 fully saturated rings. The van der Waals surface area contributed by atoms with Crippen LogP contribution in [0.25, 0.3) is 0 Å². The van der Waals surface area contributed by atoms with Crippen LogP contribution >= 0.6 is 0 Å². The van der Waals surface area contributed by atoms with Crippen molar-refractivity contribution in [2.75, 3.05) is 14.1 Å². The third-order valence-electron chi connectivity index (χ3n) is 1.51. The zero-order valence-corrected chi connectivity index (χ0v) is 8.90. The molecule has 0 bridgehead atoms. The highest BCUT2D eigenvalue weighted by Crippen LogP contribution is 2.01. The van der Waals surface area contributed by atoms with Gasteiger partial charge in [-0.05, 0) is 6.42 Å². The molecule has 6 nitrogen and oxygen atoms in total. The Balaban J connectivity index is 4.08. The summed E-state index contributed by atoms with van der Waals surface area (Å²) in [5, 5.41) is 9.90. The zero-order valence-electron chi connectivity index (χ0n) is 8.90. The number of esters is 1. The van der Waals surface area contributed by atoms with Crippen molar-refractivity contribution >= 4 is 12.1 Å². The molecule has 0 aliphatic rings. The lowest BCUT2D eigenvalue weighted by atomic mass is 10.1. The molecule has 1 unspecified atom stereocenters. The molecule has 0 aromatic carbocycles. The second kappa shape index (κ2) is 6.97. The summed E-state index contributed by atoms with van der Waals surface area (Å²) < 4.78 is 3.99. The van der Waals surface area contributed by atoms with Crippen LogP contribution in [0.3, 0.4) is 0 Å². The van der Waals surface area contributed by atoms with E-state index in [0.717, 1.165) is 0 Å². The molecule has 6 heteroatoms. The molecule has 0 aliphatic heterocycles. The summed E-state index contributed by atoms with van der Waals surface area (Å²) in [5.41, 5.74) is 2.95. The molecule has 15 heavy (non-hydrogen) atoms. The zero-order chi connectivity index (χ0) is 11.8. The van der Waals surface area contributed by atoms with Gasteiger partial charge < -0.3 is 9.84 Å². The second-order valence-electron chi connectivity index (χ2n) is 3.19. The monoisotopic (exact) mass is 216 g/mol. The number of hydrogen-bond acceptors (Lipinski definition) is 5. The number of carboxylic acid groups (broad SMARTS) is 1. The van der Waals surface area contributed by atoms with Crippen molar-refractivity contribution < 1.29 is 19.4 Å². The Labute approximate surface area is 88.5 Å². The molecule has 86 valence electrons. The first-order valence-corrected chi connectivity index (χ1v) is 4.43. The van der Waals surface area contributed by atoms with Crippen LogP contribution in [0.1, 0.15) is 12.8 Å². The van der Waals surface area contributed by atoms with Crippen LogP contribution < -0.4 is 5.43 Å². The summed E-state index contributed by atoms with van der Waals surface area (Å²) in [6.07, 6.45) is 0.598. The maximum atomic E-state index is 11.0. The third-order valence-corrected chi connectivity index (χ3v) is 1.51. The van der Waals surface area contributed by atoms with Gasteiger partial charge in [-0.15, -0.1) is 6.58 Å². The maximum Gasteiger partial charge on any atom is 0.513 e. The van der Waals surface area contributed by atoms with Crippen molar-refractivity contribution in [2.24, 2.45) is 0 Å². The fourth-order valence-corrected chi connectivity index (χ4v) is 1.09. The minimum absolute atomic E-state index is 0.0174. The normalized spacial score (nSPS) is 12.2. The Morgan fingerprint density at radius 3 is 2.60 bits per heavy atom. The quantitative estimate of drug-likeness (QED) is 0.293. The van der Waals surface area contributed by atoms with E-state index in [1.54, 1.807) is 25.2 Å². The standard InChI is InChI=1S/C9H16N2O4/c1-4-5-7(10-11(2)3)6-8(12)15-9(13)14/h4,7,10H,1,5-6H2,2-3H3,(H,13,14). The molecule has 0 aromatic rings. The van der Waals surface area contributed by atoms with Gasteiger partial charge in [0.2, 0.25) is 0 Å². The highest BCUT2D eigenvalue weighted by molar-refractivity contribution is 5.81. The van der Waals surface area contributed by atoms with E-state index in [4.69, 9.17) is 5.11 Å². The van der Waals surface area contributed by atoms with Crippen molar-refractivity contribution in [3.8, 4) is 0 Å². The number of carbonyl (C=O) groups is 2. The van der Waals surface area contributed by atoms with E-state index in [-0.39, 0.29) is 12.5 Å². The van der Waals surface area contributed by atoms with E-state index in [1.165, 1.54) is 0 Å². The van der Waals surface area contributed by atoms with Crippen molar-refractivity contribution in [1.29, 1.82) is 0 Å². The van der Waals surface area contributed by atoms with Crippen LogP contribution in [0.5, 0.6) is 0 Å². The number of hydrazine groups is 1. The molecular weight excluding hydrogens is 200 g/mol. The molecule has 0 aromatic heterocycles. The Morgan fingerprint density at radius 2 is 2.20 bits per heavy atom. The second-order valence-corrected chi connectivity index (χ2v) is 3.19. The summed E-state index contributed by atoms with van der Waals surface area (Å²) in [6, 6.07) is -0.204. The lowest BCUT2D eigenvalue weighted by molar-refractivity contribution is -0.139. The molecule has 0 saturated heterocycles. The number of hydrogen-bond donors (Lipinski definition) is 2. The van der Waals surface area contributed by atoms with Gasteiger partial charge in [0.1, 0.15) is 0 Å². The van der Waals surface area contributed by atoms with Gasteiger partial charge >= 0.3 is 12.1 Å². The molecule has 0 heterocycles. The number of rotatable bonds is 6. The lowest BCUT2D eigenvalue weighted by Gasteiger charge is -2.20. The Morgan fingerprint density at radius 1 is 1.60 bits per heavy atom. The summed E-state index contributed by atoms with van der Waals surface area (Å²) >= 11 is 0. The average molecular weight is 216 g/mol. The Bertz CT molecular complexity index is 240. The van der Waals surface area contributed by atoms with Crippen molar-refractivity contribution in [3.05, 3.63) is 12.7 Å². The summed E-state index contributed by atoms with van der Waals surface area (Å²) in [7, 11) is 3.55. The van der Waals surface area contributed by atoms with Gasteiger partial charge in [0.15, 0.2) is 0 Å². The molecule has 0 aliphatic carbocycles. The van der Waals surface area contributed by atoms with E-state index in [1.807, 2.05) is 0 Å². The van der Waals surface area contributed by atoms with Crippen LogP contribution in [-0.4, -0.2) is 42.4 Å². The van der Waals surface area contributed by atoms with Crippen LogP contribution in [0, 0.1) is 0 Å². The predicted octanol–water partition coefficient (Wildman–Crippen LogP) is 0.609. The first-order valence-electron chi connectivity index (χ1n) is 4.43. The SMILES string of the molecule is C=CCC(CC(=O)OC(=O)O)NN(C)C. The lowest BCUT2D eigenvalue weighted by Crippen LogP contribution is -2.41. The van der Waals surface area contributed by atoms with Gasteiger partial charge in [-0.25, -0.2) is 4.79 Å². The molecule has 0 saturated carbocycles. The first-order chi connectivity index (χ1) is 6.95. The van der Waals surface area contributed by atoms with E-state index < -0.39 is 12.1 Å². The van der Waals surface area contributed by atoms with Gasteiger partial charge in [0.05, 0.1) is 6.42 Å². The van der Waals surface area contributed by atoms with Gasteiger partial charge in [0, 0.05) is 20.1 Å². The van der Waals surface area contributed by atoms with Crippen LogP contribution in [0.4, 0.5) is 4.79 Å². The number of ether oxygens (including phenoxy) is 1. The number of carbonyl (C=O) groups excluding carboxylic acids is 1. The molecule has 2 N–H and O–H groups in total. The average Bonchev–Trinajstić information content (AvgIpc) is 2.00. The van der Waals surface area contributed by atoms with Gasteiger partial charge in [-0.3, -0.25) is 15.2 Å². The van der Waals surface area contributed by atoms with Gasteiger partial charge in [-0.2, -0.15) is 0 Å². The van der Waals surface area contributed by atoms with Crippen molar-refractivity contribution in [2.45, 2.75) is 18.9 Å². The summed E-state index contributed by atoms with van der Waals surface area (Å²) in [5.74, 6) is -0.774. The third kappa shape index (κ3) is 7.65. The minimum atomic E-state index is -1.58. The molecule has 0 rings (SSSR count). The van der Waals surface area contributed by atoms with E-state index in [9.17, 15) is 9.59 Å². The van der Waals surface area contributed by atoms with E-state index >= 15 is 0 Å². The summed E-state index contributed by atoms with van der Waals surface area (Å²) in [6.45, 7) is 3.55. The number of nitrogens with zero attached hydrogens (tertiary/aromatic N) is 1. The molecule has 0 amide bonds.